The Morgan fingerprint density at radius 3 is 2.86 bits per heavy atom. The molecule has 3 rings (SSSR count). The van der Waals surface area contributed by atoms with Gasteiger partial charge in [0.15, 0.2) is 0 Å². The lowest BCUT2D eigenvalue weighted by atomic mass is 10.00. The van der Waals surface area contributed by atoms with Crippen LogP contribution < -0.4 is 10.1 Å². The van der Waals surface area contributed by atoms with E-state index in [1.165, 1.54) is 19.1 Å². The Kier molecular flexibility index (Phi) is 4.03. The molecule has 0 bridgehead atoms. The molecular formula is C17H15ClFNO2. The average Bonchev–Trinajstić information content (AvgIpc) is 2.87. The predicted molar refractivity (Wildman–Crippen MR) is 83.6 cm³/mol. The highest BCUT2D eigenvalue weighted by atomic mass is 35.5. The molecule has 1 unspecified atom stereocenters. The zero-order valence-electron chi connectivity index (χ0n) is 12.0. The molecule has 1 aliphatic heterocycles. The summed E-state index contributed by atoms with van der Waals surface area (Å²) in [6.45, 7) is 1.85. The molecular weight excluding hydrogens is 305 g/mol. The first kappa shape index (κ1) is 14.9. The van der Waals surface area contributed by atoms with Crippen LogP contribution in [0, 0.1) is 5.82 Å². The van der Waals surface area contributed by atoms with Crippen molar-refractivity contribution in [2.75, 3.05) is 6.54 Å². The number of nitrogens with one attached hydrogen (secondary N) is 1. The van der Waals surface area contributed by atoms with Gasteiger partial charge in [0, 0.05) is 35.1 Å². The molecule has 2 aromatic rings. The van der Waals surface area contributed by atoms with E-state index in [4.69, 9.17) is 16.3 Å². The third-order valence-electron chi connectivity index (χ3n) is 3.61. The minimum absolute atomic E-state index is 0.114. The van der Waals surface area contributed by atoms with Crippen LogP contribution in [-0.2, 0) is 11.2 Å². The van der Waals surface area contributed by atoms with Crippen LogP contribution in [0.25, 0.3) is 11.1 Å². The van der Waals surface area contributed by atoms with Crippen LogP contribution in [0.1, 0.15) is 12.5 Å². The number of rotatable bonds is 3. The molecule has 114 valence electrons. The lowest BCUT2D eigenvalue weighted by Crippen LogP contribution is -2.32. The standard InChI is InChI=1S/C17H15ClFNO2/c1-10(21)20-9-13-7-11-6-12(19)8-15(17(11)22-13)14-4-2-3-5-16(14)18/h2-6,8,13H,7,9H2,1H3,(H,20,21). The third kappa shape index (κ3) is 2.92. The first-order valence-electron chi connectivity index (χ1n) is 7.03. The molecule has 0 saturated heterocycles. The van der Waals surface area contributed by atoms with Gasteiger partial charge in [0.05, 0.1) is 6.54 Å². The van der Waals surface area contributed by atoms with Gasteiger partial charge in [0.1, 0.15) is 17.7 Å². The molecule has 1 N–H and O–H groups in total. The summed E-state index contributed by atoms with van der Waals surface area (Å²) in [6, 6.07) is 10.2. The van der Waals surface area contributed by atoms with Crippen molar-refractivity contribution in [3.63, 3.8) is 0 Å². The molecule has 0 saturated carbocycles. The van der Waals surface area contributed by atoms with Gasteiger partial charge in [-0.05, 0) is 18.2 Å². The Bertz CT molecular complexity index is 733. The largest absolute Gasteiger partial charge is 0.487 e. The summed E-state index contributed by atoms with van der Waals surface area (Å²) in [5.74, 6) is 0.208. The van der Waals surface area contributed by atoms with Crippen LogP contribution >= 0.6 is 11.6 Å². The number of hydrogen-bond donors (Lipinski definition) is 1. The maximum Gasteiger partial charge on any atom is 0.217 e. The summed E-state index contributed by atoms with van der Waals surface area (Å²) in [4.78, 5) is 11.0. The maximum absolute atomic E-state index is 13.9. The molecule has 5 heteroatoms. The highest BCUT2D eigenvalue weighted by molar-refractivity contribution is 6.33. The average molecular weight is 320 g/mol. The topological polar surface area (TPSA) is 38.3 Å². The monoisotopic (exact) mass is 319 g/mol. The highest BCUT2D eigenvalue weighted by Crippen LogP contribution is 2.41. The number of ether oxygens (including phenoxy) is 1. The number of carbonyl (C=O) groups is 1. The number of fused-ring (bicyclic) bond motifs is 1. The van der Waals surface area contributed by atoms with Gasteiger partial charge in [-0.1, -0.05) is 29.8 Å². The number of halogens is 2. The van der Waals surface area contributed by atoms with Crippen molar-refractivity contribution in [3.05, 3.63) is 52.8 Å². The van der Waals surface area contributed by atoms with E-state index in [0.717, 1.165) is 11.1 Å². The highest BCUT2D eigenvalue weighted by Gasteiger charge is 2.27. The second-order valence-electron chi connectivity index (χ2n) is 5.30. The molecule has 2 aromatic carbocycles. The van der Waals surface area contributed by atoms with Crippen LogP contribution in [0.5, 0.6) is 5.75 Å². The van der Waals surface area contributed by atoms with Crippen molar-refractivity contribution in [1.29, 1.82) is 0 Å². The molecule has 1 atom stereocenters. The second-order valence-corrected chi connectivity index (χ2v) is 5.71. The van der Waals surface area contributed by atoms with Gasteiger partial charge in [-0.3, -0.25) is 4.79 Å². The minimum Gasteiger partial charge on any atom is -0.487 e. The van der Waals surface area contributed by atoms with Gasteiger partial charge < -0.3 is 10.1 Å². The van der Waals surface area contributed by atoms with Crippen LogP contribution in [0.4, 0.5) is 4.39 Å². The predicted octanol–water partition coefficient (Wildman–Crippen LogP) is 3.59. The smallest absolute Gasteiger partial charge is 0.217 e. The van der Waals surface area contributed by atoms with Gasteiger partial charge in [-0.2, -0.15) is 0 Å². The summed E-state index contributed by atoms with van der Waals surface area (Å²) in [5.41, 5.74) is 2.18. The molecule has 0 aliphatic carbocycles. The molecule has 3 nitrogen and oxygen atoms in total. The summed E-state index contributed by atoms with van der Waals surface area (Å²) < 4.78 is 19.8. The van der Waals surface area contributed by atoms with Crippen molar-refractivity contribution in [1.82, 2.24) is 5.32 Å². The Balaban J connectivity index is 1.96. The molecule has 0 fully saturated rings. The Hall–Kier alpha value is -2.07. The Morgan fingerprint density at radius 2 is 2.14 bits per heavy atom. The van der Waals surface area contributed by atoms with Gasteiger partial charge in [0.2, 0.25) is 5.91 Å². The molecule has 22 heavy (non-hydrogen) atoms. The minimum atomic E-state index is -0.322. The van der Waals surface area contributed by atoms with Crippen LogP contribution in [0.2, 0.25) is 5.02 Å². The summed E-state index contributed by atoms with van der Waals surface area (Å²) >= 11 is 6.22. The first-order valence-corrected chi connectivity index (χ1v) is 7.41. The summed E-state index contributed by atoms with van der Waals surface area (Å²) in [7, 11) is 0. The van der Waals surface area contributed by atoms with E-state index < -0.39 is 0 Å². The zero-order valence-corrected chi connectivity index (χ0v) is 12.8. The van der Waals surface area contributed by atoms with E-state index in [1.807, 2.05) is 18.2 Å². The number of benzene rings is 2. The number of amides is 1. The normalized spacial score (nSPS) is 16.0. The number of hydrogen-bond acceptors (Lipinski definition) is 2. The van der Waals surface area contributed by atoms with E-state index in [0.29, 0.717) is 29.3 Å². The fourth-order valence-electron chi connectivity index (χ4n) is 2.65. The van der Waals surface area contributed by atoms with Gasteiger partial charge in [-0.25, -0.2) is 4.39 Å². The van der Waals surface area contributed by atoms with E-state index in [2.05, 4.69) is 5.32 Å². The lowest BCUT2D eigenvalue weighted by molar-refractivity contribution is -0.119. The molecule has 1 amide bonds. The van der Waals surface area contributed by atoms with Gasteiger partial charge >= 0.3 is 0 Å². The van der Waals surface area contributed by atoms with Crippen LogP contribution in [-0.4, -0.2) is 18.6 Å². The van der Waals surface area contributed by atoms with Gasteiger partial charge in [-0.15, -0.1) is 0 Å². The maximum atomic E-state index is 13.9. The van der Waals surface area contributed by atoms with E-state index >= 15 is 0 Å². The van der Waals surface area contributed by atoms with Crippen molar-refractivity contribution in [3.8, 4) is 16.9 Å². The quantitative estimate of drug-likeness (QED) is 0.939. The van der Waals surface area contributed by atoms with E-state index in [1.54, 1.807) is 6.07 Å². The lowest BCUT2D eigenvalue weighted by Gasteiger charge is -2.13. The van der Waals surface area contributed by atoms with Crippen LogP contribution in [0.3, 0.4) is 0 Å². The zero-order chi connectivity index (χ0) is 15.7. The molecule has 0 aromatic heterocycles. The molecule has 1 heterocycles. The van der Waals surface area contributed by atoms with E-state index in [-0.39, 0.29) is 17.8 Å². The summed E-state index contributed by atoms with van der Waals surface area (Å²) in [6.07, 6.45) is 0.368. The fraction of sp³-hybridized carbons (Fsp3) is 0.235. The SMILES string of the molecule is CC(=O)NCC1Cc2cc(F)cc(-c3ccccc3Cl)c2O1. The Morgan fingerprint density at radius 1 is 1.36 bits per heavy atom. The molecule has 1 aliphatic rings. The first-order chi connectivity index (χ1) is 10.5. The third-order valence-corrected chi connectivity index (χ3v) is 3.94. The van der Waals surface area contributed by atoms with Crippen LogP contribution in [0.15, 0.2) is 36.4 Å². The van der Waals surface area contributed by atoms with E-state index in [9.17, 15) is 9.18 Å². The molecule has 0 radical (unpaired) electrons. The molecule has 0 spiro atoms. The summed E-state index contributed by atoms with van der Waals surface area (Å²) in [5, 5.41) is 3.27. The second kappa shape index (κ2) is 5.97. The fourth-order valence-corrected chi connectivity index (χ4v) is 2.88. The van der Waals surface area contributed by atoms with Crippen molar-refractivity contribution < 1.29 is 13.9 Å². The van der Waals surface area contributed by atoms with Crippen molar-refractivity contribution >= 4 is 17.5 Å². The number of carbonyl (C=O) groups excluding carboxylic acids is 1. The Labute approximate surface area is 133 Å². The van der Waals surface area contributed by atoms with Gasteiger partial charge in [0.25, 0.3) is 0 Å². The van der Waals surface area contributed by atoms with Crippen molar-refractivity contribution in [2.45, 2.75) is 19.4 Å². The van der Waals surface area contributed by atoms with Crippen molar-refractivity contribution in [2.24, 2.45) is 0 Å².